The van der Waals surface area contributed by atoms with Gasteiger partial charge >= 0.3 is 39.5 Å². The highest BCUT2D eigenvalue weighted by atomic mass is 31.2. The summed E-state index contributed by atoms with van der Waals surface area (Å²) in [6, 6.07) is 0. The number of carbonyl (C=O) groups is 4. The molecule has 0 spiro atoms. The maximum Gasteiger partial charge on any atom is 0.472 e. The topological polar surface area (TPSA) is 237 Å². The normalized spacial score (nSPS) is 15.0. The van der Waals surface area contributed by atoms with Crippen LogP contribution in [0, 0.1) is 23.7 Å². The second-order valence-corrected chi connectivity index (χ2v) is 28.6. The predicted molar refractivity (Wildman–Crippen MR) is 344 cm³/mol. The molecule has 0 saturated heterocycles. The molecule has 0 heterocycles. The molecule has 19 heteroatoms. The van der Waals surface area contributed by atoms with Gasteiger partial charge in [-0.2, -0.15) is 0 Å². The fraction of sp³-hybridized carbons (Fsp3) is 0.940. The third-order valence-electron chi connectivity index (χ3n) is 16.0. The first-order chi connectivity index (χ1) is 41.2. The molecule has 0 aliphatic heterocycles. The van der Waals surface area contributed by atoms with Gasteiger partial charge in [0, 0.05) is 25.7 Å². The third kappa shape index (κ3) is 58.4. The number of ether oxygens (including phenoxy) is 4. The molecule has 510 valence electrons. The number of unbranched alkanes of at least 4 members (excludes halogenated alkanes) is 28. The smallest absolute Gasteiger partial charge is 0.462 e. The Morgan fingerprint density at radius 1 is 0.326 bits per heavy atom. The van der Waals surface area contributed by atoms with Gasteiger partial charge in [0.1, 0.15) is 19.3 Å². The van der Waals surface area contributed by atoms with E-state index in [1.807, 2.05) is 0 Å². The first-order valence-electron chi connectivity index (χ1n) is 34.8. The summed E-state index contributed by atoms with van der Waals surface area (Å²) in [6.07, 6.45) is 37.7. The number of rotatable bonds is 64. The van der Waals surface area contributed by atoms with E-state index >= 15 is 0 Å². The number of phosphoric acid groups is 2. The van der Waals surface area contributed by atoms with Crippen LogP contribution < -0.4 is 0 Å². The summed E-state index contributed by atoms with van der Waals surface area (Å²) in [4.78, 5) is 72.3. The Morgan fingerprint density at radius 3 is 0.826 bits per heavy atom. The highest BCUT2D eigenvalue weighted by Crippen LogP contribution is 2.45. The Balaban J connectivity index is 5.24. The van der Waals surface area contributed by atoms with Gasteiger partial charge in [-0.05, 0) is 49.4 Å². The summed E-state index contributed by atoms with van der Waals surface area (Å²) in [5, 5.41) is 10.6. The van der Waals surface area contributed by atoms with E-state index in [0.29, 0.717) is 31.6 Å². The minimum Gasteiger partial charge on any atom is -0.462 e. The van der Waals surface area contributed by atoms with Crippen molar-refractivity contribution in [3.05, 3.63) is 0 Å². The summed E-state index contributed by atoms with van der Waals surface area (Å²) < 4.78 is 68.1. The van der Waals surface area contributed by atoms with E-state index in [1.54, 1.807) is 0 Å². The van der Waals surface area contributed by atoms with Crippen molar-refractivity contribution in [2.75, 3.05) is 39.6 Å². The third-order valence-corrected chi connectivity index (χ3v) is 17.9. The molecule has 3 N–H and O–H groups in total. The molecular weight excluding hydrogens is 1140 g/mol. The summed E-state index contributed by atoms with van der Waals surface area (Å²) in [7, 11) is -9.90. The van der Waals surface area contributed by atoms with Gasteiger partial charge in [-0.15, -0.1) is 0 Å². The minimum absolute atomic E-state index is 0.101. The van der Waals surface area contributed by atoms with Crippen LogP contribution in [0.4, 0.5) is 0 Å². The SMILES string of the molecule is CCC(C)CCCCCCCCCCC(=O)OC[C@H](COP(=O)(O)OC[C@@H](O)COP(=O)(O)OC[C@@H](COC(=O)CCCCCCCCC(C)CC)OC(=O)CCCCCCCCCCCCCCC(C)C)OC(=O)CCCCCCCCC(C)C. The maximum atomic E-state index is 13.0. The van der Waals surface area contributed by atoms with Gasteiger partial charge in [-0.25, -0.2) is 9.13 Å². The number of hydrogen-bond acceptors (Lipinski definition) is 15. The molecule has 17 nitrogen and oxygen atoms in total. The van der Waals surface area contributed by atoms with Crippen LogP contribution in [0.3, 0.4) is 0 Å². The van der Waals surface area contributed by atoms with Gasteiger partial charge in [-0.3, -0.25) is 37.3 Å². The number of hydrogen-bond donors (Lipinski definition) is 3. The van der Waals surface area contributed by atoms with E-state index in [2.05, 4.69) is 55.4 Å². The van der Waals surface area contributed by atoms with Crippen LogP contribution in [0.1, 0.15) is 325 Å². The van der Waals surface area contributed by atoms with Crippen molar-refractivity contribution >= 4 is 39.5 Å². The van der Waals surface area contributed by atoms with Gasteiger partial charge in [0.25, 0.3) is 0 Å². The molecule has 0 aromatic carbocycles. The lowest BCUT2D eigenvalue weighted by molar-refractivity contribution is -0.161. The molecule has 86 heavy (non-hydrogen) atoms. The molecule has 0 aliphatic carbocycles. The van der Waals surface area contributed by atoms with E-state index in [0.717, 1.165) is 114 Å². The van der Waals surface area contributed by atoms with Gasteiger partial charge in [0.15, 0.2) is 12.2 Å². The van der Waals surface area contributed by atoms with Crippen LogP contribution in [0.25, 0.3) is 0 Å². The zero-order valence-corrected chi connectivity index (χ0v) is 57.7. The monoisotopic (exact) mass is 1270 g/mol. The Labute approximate surface area is 524 Å². The lowest BCUT2D eigenvalue weighted by Gasteiger charge is -2.21. The van der Waals surface area contributed by atoms with Crippen LogP contribution in [-0.4, -0.2) is 96.7 Å². The van der Waals surface area contributed by atoms with Crippen molar-refractivity contribution in [3.8, 4) is 0 Å². The average Bonchev–Trinajstić information content (AvgIpc) is 3.69. The molecule has 0 aromatic rings. The van der Waals surface area contributed by atoms with Crippen molar-refractivity contribution in [1.29, 1.82) is 0 Å². The number of carbonyl (C=O) groups excluding carboxylic acids is 4. The van der Waals surface area contributed by atoms with Crippen molar-refractivity contribution in [1.82, 2.24) is 0 Å². The number of esters is 4. The molecule has 4 unspecified atom stereocenters. The lowest BCUT2D eigenvalue weighted by atomic mass is 9.99. The van der Waals surface area contributed by atoms with Crippen molar-refractivity contribution in [2.24, 2.45) is 23.7 Å². The molecule has 0 radical (unpaired) electrons. The molecule has 0 rings (SSSR count). The van der Waals surface area contributed by atoms with Gasteiger partial charge < -0.3 is 33.8 Å². The van der Waals surface area contributed by atoms with Crippen LogP contribution in [0.2, 0.25) is 0 Å². The first kappa shape index (κ1) is 84.1. The van der Waals surface area contributed by atoms with E-state index in [-0.39, 0.29) is 25.7 Å². The molecule has 0 aliphatic rings. The lowest BCUT2D eigenvalue weighted by Crippen LogP contribution is -2.30. The van der Waals surface area contributed by atoms with E-state index in [9.17, 15) is 43.2 Å². The summed E-state index contributed by atoms with van der Waals surface area (Å²) in [5.41, 5.74) is 0. The van der Waals surface area contributed by atoms with E-state index in [1.165, 1.54) is 122 Å². The van der Waals surface area contributed by atoms with Crippen molar-refractivity contribution < 1.29 is 80.2 Å². The van der Waals surface area contributed by atoms with Crippen LogP contribution in [0.15, 0.2) is 0 Å². The zero-order valence-electron chi connectivity index (χ0n) is 55.9. The molecule has 0 amide bonds. The van der Waals surface area contributed by atoms with Crippen molar-refractivity contribution in [2.45, 2.75) is 343 Å². The van der Waals surface area contributed by atoms with E-state index < -0.39 is 97.5 Å². The number of aliphatic hydroxyl groups excluding tert-OH is 1. The van der Waals surface area contributed by atoms with Crippen LogP contribution in [0.5, 0.6) is 0 Å². The van der Waals surface area contributed by atoms with Gasteiger partial charge in [0.2, 0.25) is 0 Å². The standard InChI is InChI=1S/C67H130O17P2/c1-9-59(7)45-37-29-20-17-18-21-31-39-47-64(69)77-53-63(84-67(72)50-42-34-25-23-28-36-44-58(5)6)56-82-86(75,76)80-52-61(68)51-79-85(73,74)81-55-62(54-78-65(70)48-40-32-26-24-30-38-46-60(8)10-2)83-66(71)49-41-33-22-16-14-12-11-13-15-19-27-35-43-57(3)4/h57-63,68H,9-56H2,1-8H3,(H,73,74)(H,75,76)/t59?,60?,61-,62+,63+/m0/s1. The Morgan fingerprint density at radius 2 is 0.558 bits per heavy atom. The van der Waals surface area contributed by atoms with E-state index in [4.69, 9.17) is 37.0 Å². The second-order valence-electron chi connectivity index (χ2n) is 25.6. The fourth-order valence-corrected chi connectivity index (χ4v) is 11.5. The molecule has 0 saturated carbocycles. The van der Waals surface area contributed by atoms with Gasteiger partial charge in [0.05, 0.1) is 26.4 Å². The minimum atomic E-state index is -4.95. The first-order valence-corrected chi connectivity index (χ1v) is 37.8. The highest BCUT2D eigenvalue weighted by Gasteiger charge is 2.30. The zero-order chi connectivity index (χ0) is 63.9. The molecule has 0 bridgehead atoms. The number of aliphatic hydroxyl groups is 1. The van der Waals surface area contributed by atoms with Crippen LogP contribution >= 0.6 is 15.6 Å². The summed E-state index contributed by atoms with van der Waals surface area (Å²) in [5.74, 6) is 0.816. The predicted octanol–water partition coefficient (Wildman–Crippen LogP) is 18.5. The number of phosphoric ester groups is 2. The van der Waals surface area contributed by atoms with Gasteiger partial charge in [-0.1, -0.05) is 274 Å². The van der Waals surface area contributed by atoms with Crippen molar-refractivity contribution in [3.63, 3.8) is 0 Å². The average molecular weight is 1270 g/mol. The quantitative estimate of drug-likeness (QED) is 0.0222. The largest absolute Gasteiger partial charge is 0.472 e. The second kappa shape index (κ2) is 57.0. The molecular formula is C67H130O17P2. The van der Waals surface area contributed by atoms with Crippen LogP contribution in [-0.2, 0) is 65.4 Å². The Hall–Kier alpha value is -1.94. The fourth-order valence-electron chi connectivity index (χ4n) is 9.89. The summed E-state index contributed by atoms with van der Waals surface area (Å²) >= 11 is 0. The summed E-state index contributed by atoms with van der Waals surface area (Å²) in [6.45, 7) is 14.0. The Kier molecular flexibility index (Phi) is 55.7. The Bertz CT molecular complexity index is 1720. The maximum absolute atomic E-state index is 13.0. The highest BCUT2D eigenvalue weighted by molar-refractivity contribution is 7.47. The molecule has 7 atom stereocenters. The molecule has 0 fully saturated rings. The molecule has 0 aromatic heterocycles.